The molecule has 0 amide bonds. The molecule has 0 aliphatic heterocycles. The van der Waals surface area contributed by atoms with Crippen LogP contribution in [-0.2, 0) is 6.54 Å². The number of H-pyrrole nitrogens is 1. The van der Waals surface area contributed by atoms with Gasteiger partial charge in [0.25, 0.3) is 0 Å². The molecule has 3 nitrogen and oxygen atoms in total. The number of rotatable bonds is 3. The Balaban J connectivity index is 2.48. The molecular weight excluding hydrogens is 294 g/mol. The Hall–Kier alpha value is -0.460. The van der Waals surface area contributed by atoms with Gasteiger partial charge in [-0.1, -0.05) is 6.92 Å². The SMILES string of the molecule is CCCn1c(-c2csc(Br)c2)n[nH]c1=S. The van der Waals surface area contributed by atoms with Gasteiger partial charge in [-0.05, 0) is 40.6 Å². The first-order chi connectivity index (χ1) is 7.22. The quantitative estimate of drug-likeness (QED) is 0.874. The minimum absolute atomic E-state index is 0.689. The molecule has 0 atom stereocenters. The van der Waals surface area contributed by atoms with Crippen LogP contribution in [0.2, 0.25) is 0 Å². The highest BCUT2D eigenvalue weighted by atomic mass is 79.9. The minimum atomic E-state index is 0.689. The Kier molecular flexibility index (Phi) is 3.38. The Bertz CT molecular complexity index is 511. The summed E-state index contributed by atoms with van der Waals surface area (Å²) in [7, 11) is 0. The van der Waals surface area contributed by atoms with Crippen LogP contribution in [0.3, 0.4) is 0 Å². The molecule has 80 valence electrons. The van der Waals surface area contributed by atoms with Gasteiger partial charge in [0.05, 0.1) is 3.79 Å². The van der Waals surface area contributed by atoms with Crippen molar-refractivity contribution in [1.82, 2.24) is 14.8 Å². The van der Waals surface area contributed by atoms with Gasteiger partial charge in [0.15, 0.2) is 10.6 Å². The summed E-state index contributed by atoms with van der Waals surface area (Å²) < 4.78 is 3.83. The van der Waals surface area contributed by atoms with Crippen molar-refractivity contribution < 1.29 is 0 Å². The van der Waals surface area contributed by atoms with Crippen molar-refractivity contribution in [3.63, 3.8) is 0 Å². The summed E-state index contributed by atoms with van der Waals surface area (Å²) >= 11 is 10.3. The summed E-state index contributed by atoms with van der Waals surface area (Å²) in [6.07, 6.45) is 1.05. The Morgan fingerprint density at radius 2 is 2.47 bits per heavy atom. The van der Waals surface area contributed by atoms with Crippen molar-refractivity contribution in [3.8, 4) is 11.4 Å². The summed E-state index contributed by atoms with van der Waals surface area (Å²) in [5.74, 6) is 0.920. The zero-order valence-electron chi connectivity index (χ0n) is 8.16. The van der Waals surface area contributed by atoms with Crippen LogP contribution in [0.15, 0.2) is 15.2 Å². The first-order valence-corrected chi connectivity index (χ1v) is 6.70. The second kappa shape index (κ2) is 4.59. The van der Waals surface area contributed by atoms with E-state index in [2.05, 4.69) is 44.5 Å². The van der Waals surface area contributed by atoms with E-state index in [-0.39, 0.29) is 0 Å². The summed E-state index contributed by atoms with van der Waals surface area (Å²) in [6.45, 7) is 3.03. The second-order valence-electron chi connectivity index (χ2n) is 3.14. The molecule has 2 aromatic rings. The lowest BCUT2D eigenvalue weighted by atomic mass is 10.3. The van der Waals surface area contributed by atoms with E-state index in [1.807, 2.05) is 4.57 Å². The number of hydrogen-bond donors (Lipinski definition) is 1. The molecule has 1 N–H and O–H groups in total. The van der Waals surface area contributed by atoms with Crippen LogP contribution < -0.4 is 0 Å². The highest BCUT2D eigenvalue weighted by Gasteiger charge is 2.09. The third-order valence-corrected chi connectivity index (χ3v) is 3.85. The third-order valence-electron chi connectivity index (χ3n) is 2.03. The first kappa shape index (κ1) is 11.0. The average Bonchev–Trinajstić information content (AvgIpc) is 2.76. The molecule has 0 aliphatic carbocycles. The number of halogens is 1. The van der Waals surface area contributed by atoms with Crippen LogP contribution >= 0.6 is 39.5 Å². The molecule has 0 unspecified atom stereocenters. The van der Waals surface area contributed by atoms with Gasteiger partial charge in [0, 0.05) is 17.5 Å². The van der Waals surface area contributed by atoms with E-state index in [1.54, 1.807) is 11.3 Å². The largest absolute Gasteiger partial charge is 0.300 e. The fraction of sp³-hybridized carbons (Fsp3) is 0.333. The van der Waals surface area contributed by atoms with Gasteiger partial charge in [0.1, 0.15) is 0 Å². The van der Waals surface area contributed by atoms with E-state index in [4.69, 9.17) is 12.2 Å². The van der Waals surface area contributed by atoms with Crippen LogP contribution in [0.1, 0.15) is 13.3 Å². The predicted octanol–water partition coefficient (Wildman–Crippen LogP) is 3.84. The van der Waals surface area contributed by atoms with E-state index in [9.17, 15) is 0 Å². The van der Waals surface area contributed by atoms with Gasteiger partial charge in [-0.2, -0.15) is 5.10 Å². The summed E-state index contributed by atoms with van der Waals surface area (Å²) in [5, 5.41) is 9.16. The molecule has 0 saturated heterocycles. The zero-order chi connectivity index (χ0) is 10.8. The van der Waals surface area contributed by atoms with Crippen molar-refractivity contribution in [2.75, 3.05) is 0 Å². The second-order valence-corrected chi connectivity index (χ2v) is 5.82. The fourth-order valence-electron chi connectivity index (χ4n) is 1.40. The molecule has 0 aromatic carbocycles. The van der Waals surface area contributed by atoms with Crippen molar-refractivity contribution in [1.29, 1.82) is 0 Å². The van der Waals surface area contributed by atoms with Crippen LogP contribution in [0, 0.1) is 4.77 Å². The van der Waals surface area contributed by atoms with Crippen molar-refractivity contribution in [2.45, 2.75) is 19.9 Å². The number of nitrogens with one attached hydrogen (secondary N) is 1. The molecule has 2 heterocycles. The summed E-state index contributed by atoms with van der Waals surface area (Å²) in [4.78, 5) is 0. The Labute approximate surface area is 105 Å². The van der Waals surface area contributed by atoms with Gasteiger partial charge in [0.2, 0.25) is 0 Å². The van der Waals surface area contributed by atoms with Gasteiger partial charge in [-0.15, -0.1) is 11.3 Å². The molecule has 0 spiro atoms. The molecule has 0 fully saturated rings. The normalized spacial score (nSPS) is 10.8. The van der Waals surface area contributed by atoms with Gasteiger partial charge < -0.3 is 4.57 Å². The molecule has 2 rings (SSSR count). The van der Waals surface area contributed by atoms with Crippen LogP contribution in [0.4, 0.5) is 0 Å². The molecule has 2 aromatic heterocycles. The number of thiophene rings is 1. The lowest BCUT2D eigenvalue weighted by molar-refractivity contribution is 0.675. The third kappa shape index (κ3) is 2.21. The molecule has 0 radical (unpaired) electrons. The molecule has 0 saturated carbocycles. The number of aromatic amines is 1. The van der Waals surface area contributed by atoms with E-state index >= 15 is 0 Å². The van der Waals surface area contributed by atoms with E-state index < -0.39 is 0 Å². The predicted molar refractivity (Wildman–Crippen MR) is 68.7 cm³/mol. The molecular formula is C9H10BrN3S2. The molecule has 15 heavy (non-hydrogen) atoms. The summed E-state index contributed by atoms with van der Waals surface area (Å²) in [5.41, 5.74) is 1.10. The van der Waals surface area contributed by atoms with Crippen molar-refractivity contribution in [2.24, 2.45) is 0 Å². The molecule has 6 heteroatoms. The van der Waals surface area contributed by atoms with Crippen molar-refractivity contribution >= 4 is 39.5 Å². The summed E-state index contributed by atoms with van der Waals surface area (Å²) in [6, 6.07) is 2.06. The number of nitrogens with zero attached hydrogens (tertiary/aromatic N) is 2. The Morgan fingerprint density at radius 1 is 1.67 bits per heavy atom. The van der Waals surface area contributed by atoms with Gasteiger partial charge in [-0.3, -0.25) is 5.10 Å². The number of aromatic nitrogens is 3. The minimum Gasteiger partial charge on any atom is -0.300 e. The molecule has 0 aliphatic rings. The maximum absolute atomic E-state index is 5.18. The first-order valence-electron chi connectivity index (χ1n) is 4.62. The highest BCUT2D eigenvalue weighted by molar-refractivity contribution is 9.11. The maximum atomic E-state index is 5.18. The van der Waals surface area contributed by atoms with E-state index in [1.165, 1.54) is 0 Å². The van der Waals surface area contributed by atoms with Gasteiger partial charge >= 0.3 is 0 Å². The lowest BCUT2D eigenvalue weighted by Gasteiger charge is -2.02. The van der Waals surface area contributed by atoms with E-state index in [0.717, 1.165) is 28.1 Å². The monoisotopic (exact) mass is 303 g/mol. The Morgan fingerprint density at radius 3 is 3.07 bits per heavy atom. The smallest absolute Gasteiger partial charge is 0.195 e. The van der Waals surface area contributed by atoms with Crippen LogP contribution in [0.25, 0.3) is 11.4 Å². The maximum Gasteiger partial charge on any atom is 0.195 e. The molecule has 0 bridgehead atoms. The topological polar surface area (TPSA) is 33.6 Å². The van der Waals surface area contributed by atoms with Crippen LogP contribution in [-0.4, -0.2) is 14.8 Å². The van der Waals surface area contributed by atoms with Crippen molar-refractivity contribution in [3.05, 3.63) is 20.0 Å². The number of hydrogen-bond acceptors (Lipinski definition) is 3. The standard InChI is InChI=1S/C9H10BrN3S2/c1-2-3-13-8(11-12-9(13)14)6-4-7(10)15-5-6/h4-5H,2-3H2,1H3,(H,12,14). The highest BCUT2D eigenvalue weighted by Crippen LogP contribution is 2.27. The van der Waals surface area contributed by atoms with Crippen LogP contribution in [0.5, 0.6) is 0 Å². The fourth-order valence-corrected chi connectivity index (χ4v) is 2.75. The average molecular weight is 304 g/mol. The lowest BCUT2D eigenvalue weighted by Crippen LogP contribution is -1.99. The van der Waals surface area contributed by atoms with E-state index in [0.29, 0.717) is 4.77 Å². The zero-order valence-corrected chi connectivity index (χ0v) is 11.4. The van der Waals surface area contributed by atoms with Gasteiger partial charge in [-0.25, -0.2) is 0 Å².